The van der Waals surface area contributed by atoms with Crippen LogP contribution in [-0.2, 0) is 16.0 Å². The number of nitrogens with two attached hydrogens (primary N) is 1. The van der Waals surface area contributed by atoms with Gasteiger partial charge in [0.05, 0.1) is 6.04 Å². The Hall–Kier alpha value is -3.52. The molecular weight excluding hydrogens is 485 g/mol. The highest BCUT2D eigenvalue weighted by Crippen LogP contribution is 2.38. The van der Waals surface area contributed by atoms with Crippen LogP contribution in [0, 0.1) is 11.8 Å². The van der Waals surface area contributed by atoms with Gasteiger partial charge in [-0.25, -0.2) is 9.18 Å². The largest absolute Gasteiger partial charge is 0.477 e. The molecule has 1 saturated heterocycles. The van der Waals surface area contributed by atoms with Crippen LogP contribution in [-0.4, -0.2) is 58.0 Å². The SMILES string of the molecule is N[C@H](CF)C1CCC(C(=O)N2CC[C@@H](c3ccccc3)[C@H]2C(=O)Cc2ccc3[nH]c(C(=O)O)cc3c2)CC1. The molecule has 4 N–H and O–H groups in total. The molecule has 7 nitrogen and oxygen atoms in total. The predicted molar refractivity (Wildman–Crippen MR) is 143 cm³/mol. The Bertz CT molecular complexity index is 1320. The van der Waals surface area contributed by atoms with Gasteiger partial charge in [0.2, 0.25) is 5.91 Å². The molecule has 3 aromatic rings. The van der Waals surface area contributed by atoms with Crippen molar-refractivity contribution in [1.82, 2.24) is 9.88 Å². The van der Waals surface area contributed by atoms with E-state index in [0.29, 0.717) is 31.3 Å². The number of carbonyl (C=O) groups is 3. The van der Waals surface area contributed by atoms with Gasteiger partial charge in [0.15, 0.2) is 5.78 Å². The zero-order valence-corrected chi connectivity index (χ0v) is 21.3. The number of nitrogens with one attached hydrogen (secondary N) is 1. The highest BCUT2D eigenvalue weighted by molar-refractivity contribution is 5.95. The Kier molecular flexibility index (Phi) is 7.61. The molecule has 0 spiro atoms. The normalized spacial score (nSPS) is 24.4. The molecule has 2 aliphatic rings. The fourth-order valence-electron chi connectivity index (χ4n) is 6.35. The van der Waals surface area contributed by atoms with Gasteiger partial charge in [0.25, 0.3) is 0 Å². The number of ketones is 1. The number of halogens is 1. The Balaban J connectivity index is 1.37. The fraction of sp³-hybridized carbons (Fsp3) is 0.433. The van der Waals surface area contributed by atoms with Crippen LogP contribution in [0.4, 0.5) is 4.39 Å². The second-order valence-corrected chi connectivity index (χ2v) is 10.8. The van der Waals surface area contributed by atoms with Crippen molar-refractivity contribution < 1.29 is 23.9 Å². The lowest BCUT2D eigenvalue weighted by molar-refractivity contribution is -0.142. The third kappa shape index (κ3) is 5.23. The number of rotatable bonds is 8. The Morgan fingerprint density at radius 3 is 2.45 bits per heavy atom. The molecule has 1 saturated carbocycles. The first-order chi connectivity index (χ1) is 18.4. The van der Waals surface area contributed by atoms with Crippen LogP contribution in [0.1, 0.15) is 59.6 Å². The van der Waals surface area contributed by atoms with Crippen LogP contribution >= 0.6 is 0 Å². The number of hydrogen-bond donors (Lipinski definition) is 3. The minimum atomic E-state index is -1.04. The number of fused-ring (bicyclic) bond motifs is 1. The third-order valence-corrected chi connectivity index (χ3v) is 8.44. The van der Waals surface area contributed by atoms with Gasteiger partial charge in [-0.1, -0.05) is 36.4 Å². The maximum absolute atomic E-state index is 13.9. The second-order valence-electron chi connectivity index (χ2n) is 10.8. The fourth-order valence-corrected chi connectivity index (χ4v) is 6.35. The number of benzene rings is 2. The van der Waals surface area contributed by atoms with E-state index in [9.17, 15) is 23.9 Å². The van der Waals surface area contributed by atoms with Crippen LogP contribution < -0.4 is 5.73 Å². The van der Waals surface area contributed by atoms with Gasteiger partial charge in [-0.3, -0.25) is 9.59 Å². The van der Waals surface area contributed by atoms with Gasteiger partial charge in [-0.2, -0.15) is 0 Å². The molecule has 38 heavy (non-hydrogen) atoms. The summed E-state index contributed by atoms with van der Waals surface area (Å²) >= 11 is 0. The van der Waals surface area contributed by atoms with Crippen molar-refractivity contribution in [2.75, 3.05) is 13.2 Å². The molecule has 5 rings (SSSR count). The maximum atomic E-state index is 13.9. The molecule has 0 radical (unpaired) electrons. The summed E-state index contributed by atoms with van der Waals surface area (Å²) in [5.74, 6) is -1.20. The first-order valence-corrected chi connectivity index (χ1v) is 13.4. The molecule has 8 heteroatoms. The Morgan fingerprint density at radius 1 is 1.03 bits per heavy atom. The lowest BCUT2D eigenvalue weighted by Gasteiger charge is -2.35. The zero-order chi connectivity index (χ0) is 26.8. The number of aromatic amines is 1. The van der Waals surface area contributed by atoms with Crippen LogP contribution in [0.15, 0.2) is 54.6 Å². The maximum Gasteiger partial charge on any atom is 0.352 e. The summed E-state index contributed by atoms with van der Waals surface area (Å²) in [4.78, 5) is 43.6. The minimum Gasteiger partial charge on any atom is -0.477 e. The van der Waals surface area contributed by atoms with Gasteiger partial charge >= 0.3 is 5.97 Å². The van der Waals surface area contributed by atoms with E-state index in [0.717, 1.165) is 29.4 Å². The van der Waals surface area contributed by atoms with E-state index in [1.807, 2.05) is 42.5 Å². The van der Waals surface area contributed by atoms with E-state index in [1.165, 1.54) is 0 Å². The number of H-pyrrole nitrogens is 1. The van der Waals surface area contributed by atoms with Gasteiger partial charge in [0.1, 0.15) is 12.4 Å². The summed E-state index contributed by atoms with van der Waals surface area (Å²) in [6.45, 7) is -0.0194. The van der Waals surface area contributed by atoms with Crippen LogP contribution in [0.3, 0.4) is 0 Å². The number of likely N-dealkylation sites (tertiary alicyclic amines) is 1. The van der Waals surface area contributed by atoms with Gasteiger partial charge < -0.3 is 20.7 Å². The van der Waals surface area contributed by atoms with E-state index in [1.54, 1.807) is 17.0 Å². The van der Waals surface area contributed by atoms with Crippen molar-refractivity contribution in [2.45, 2.75) is 56.5 Å². The Morgan fingerprint density at radius 2 is 1.76 bits per heavy atom. The molecular formula is C30H34FN3O4. The second kappa shape index (κ2) is 11.1. The summed E-state index contributed by atoms with van der Waals surface area (Å²) in [6, 6.07) is 15.9. The number of nitrogens with zero attached hydrogens (tertiary/aromatic N) is 1. The van der Waals surface area contributed by atoms with E-state index in [-0.39, 0.29) is 41.6 Å². The molecule has 0 unspecified atom stereocenters. The summed E-state index contributed by atoms with van der Waals surface area (Å²) in [5.41, 5.74) is 8.54. The average Bonchev–Trinajstić information content (AvgIpc) is 3.58. The first kappa shape index (κ1) is 26.1. The highest BCUT2D eigenvalue weighted by atomic mass is 19.1. The molecule has 1 amide bonds. The summed E-state index contributed by atoms with van der Waals surface area (Å²) in [7, 11) is 0. The van der Waals surface area contributed by atoms with Crippen molar-refractivity contribution in [1.29, 1.82) is 0 Å². The number of hydrogen-bond acceptors (Lipinski definition) is 4. The Labute approximate surface area is 221 Å². The number of carbonyl (C=O) groups excluding carboxylic acids is 2. The zero-order valence-electron chi connectivity index (χ0n) is 21.3. The minimum absolute atomic E-state index is 0.0150. The lowest BCUT2D eigenvalue weighted by atomic mass is 9.78. The summed E-state index contributed by atoms with van der Waals surface area (Å²) in [6.07, 6.45) is 3.66. The number of amides is 1. The number of Topliss-reactive ketones (excluding diaryl/α,β-unsaturated/α-hetero) is 1. The molecule has 3 atom stereocenters. The van der Waals surface area contributed by atoms with E-state index >= 15 is 0 Å². The van der Waals surface area contributed by atoms with Crippen LogP contribution in [0.5, 0.6) is 0 Å². The van der Waals surface area contributed by atoms with Crippen molar-refractivity contribution in [3.63, 3.8) is 0 Å². The van der Waals surface area contributed by atoms with Gasteiger partial charge in [0, 0.05) is 41.7 Å². The van der Waals surface area contributed by atoms with Gasteiger partial charge in [-0.15, -0.1) is 0 Å². The highest BCUT2D eigenvalue weighted by Gasteiger charge is 2.44. The summed E-state index contributed by atoms with van der Waals surface area (Å²) < 4.78 is 13.1. The number of aromatic nitrogens is 1. The van der Waals surface area contributed by atoms with E-state index < -0.39 is 24.7 Å². The summed E-state index contributed by atoms with van der Waals surface area (Å²) in [5, 5.41) is 10.0. The molecule has 0 bridgehead atoms. The molecule has 2 heterocycles. The van der Waals surface area contributed by atoms with Crippen LogP contribution in [0.2, 0.25) is 0 Å². The van der Waals surface area contributed by atoms with E-state index in [2.05, 4.69) is 4.98 Å². The number of carboxylic acid groups (broad SMARTS) is 1. The molecule has 1 aliphatic heterocycles. The van der Waals surface area contributed by atoms with Crippen molar-refractivity contribution in [3.8, 4) is 0 Å². The topological polar surface area (TPSA) is 116 Å². The lowest BCUT2D eigenvalue weighted by Crippen LogP contribution is -2.47. The van der Waals surface area contributed by atoms with Crippen molar-refractivity contribution >= 4 is 28.6 Å². The first-order valence-electron chi connectivity index (χ1n) is 13.4. The van der Waals surface area contributed by atoms with Crippen molar-refractivity contribution in [3.05, 3.63) is 71.4 Å². The molecule has 2 fully saturated rings. The quantitative estimate of drug-likeness (QED) is 0.406. The molecule has 200 valence electrons. The standard InChI is InChI=1S/C30H34FN3O4/c31-17-24(32)20-7-9-21(10-8-20)29(36)34-13-12-23(19-4-2-1-3-5-19)28(34)27(35)15-18-6-11-25-22(14-18)16-26(33-25)30(37)38/h1-6,11,14,16,20-21,23-24,28,33H,7-10,12-13,15,17,32H2,(H,37,38)/t20?,21?,23-,24+,28-/m0/s1. The van der Waals surface area contributed by atoms with Gasteiger partial charge in [-0.05, 0) is 67.3 Å². The van der Waals surface area contributed by atoms with Crippen molar-refractivity contribution in [2.24, 2.45) is 17.6 Å². The molecule has 1 aliphatic carbocycles. The molecule has 1 aromatic heterocycles. The molecule has 2 aromatic carbocycles. The number of aromatic carboxylic acids is 1. The van der Waals surface area contributed by atoms with E-state index in [4.69, 9.17) is 5.73 Å². The average molecular weight is 520 g/mol. The smallest absolute Gasteiger partial charge is 0.352 e. The van der Waals surface area contributed by atoms with Crippen LogP contribution in [0.25, 0.3) is 10.9 Å². The monoisotopic (exact) mass is 519 g/mol. The third-order valence-electron chi connectivity index (χ3n) is 8.44. The number of carboxylic acids is 1. The predicted octanol–water partition coefficient (Wildman–Crippen LogP) is 4.47. The number of alkyl halides is 1.